The fourth-order valence-electron chi connectivity index (χ4n) is 2.96. The summed E-state index contributed by atoms with van der Waals surface area (Å²) in [6.07, 6.45) is 4.74. The Kier molecular flexibility index (Phi) is 7.25. The Hall–Kier alpha value is -2.37. The Balaban J connectivity index is 1.33. The number of amides is 1. The molecule has 8 nitrogen and oxygen atoms in total. The van der Waals surface area contributed by atoms with Crippen molar-refractivity contribution in [3.8, 4) is 0 Å². The van der Waals surface area contributed by atoms with Crippen LogP contribution in [0.15, 0.2) is 40.0 Å². The summed E-state index contributed by atoms with van der Waals surface area (Å²) in [7, 11) is 0. The van der Waals surface area contributed by atoms with Crippen molar-refractivity contribution in [1.82, 2.24) is 30.0 Å². The summed E-state index contributed by atoms with van der Waals surface area (Å²) in [6, 6.07) is 7.99. The number of hydrogen-bond donors (Lipinski definition) is 2. The summed E-state index contributed by atoms with van der Waals surface area (Å²) in [5, 5.41) is 12.4. The molecule has 11 heteroatoms. The van der Waals surface area contributed by atoms with Crippen LogP contribution in [0.25, 0.3) is 21.3 Å². The zero-order valence-corrected chi connectivity index (χ0v) is 19.7. The van der Waals surface area contributed by atoms with E-state index in [-0.39, 0.29) is 5.91 Å². The third kappa shape index (κ3) is 5.28. The summed E-state index contributed by atoms with van der Waals surface area (Å²) in [5.41, 5.74) is 1.75. The number of nitrogens with one attached hydrogen (secondary N) is 2. The molecule has 0 unspecified atom stereocenters. The molecule has 3 heterocycles. The highest BCUT2D eigenvalue weighted by atomic mass is 32.2. The Morgan fingerprint density at radius 2 is 2.06 bits per heavy atom. The van der Waals surface area contributed by atoms with E-state index < -0.39 is 0 Å². The maximum atomic E-state index is 12.3. The van der Waals surface area contributed by atoms with Crippen LogP contribution in [-0.4, -0.2) is 55.7 Å². The minimum Gasteiger partial charge on any atom is -0.369 e. The van der Waals surface area contributed by atoms with Crippen LogP contribution >= 0.6 is 34.9 Å². The van der Waals surface area contributed by atoms with Crippen LogP contribution in [0.1, 0.15) is 13.3 Å². The summed E-state index contributed by atoms with van der Waals surface area (Å²) in [6.45, 7) is 3.97. The molecule has 0 saturated heterocycles. The number of thioether (sulfide) groups is 2. The van der Waals surface area contributed by atoms with Gasteiger partial charge >= 0.3 is 0 Å². The van der Waals surface area contributed by atoms with Gasteiger partial charge in [0.15, 0.2) is 15.1 Å². The molecule has 162 valence electrons. The number of para-hydroxylation sites is 1. The molecule has 2 N–H and O–H groups in total. The molecule has 0 atom stereocenters. The molecule has 0 radical (unpaired) electrons. The van der Waals surface area contributed by atoms with Crippen LogP contribution in [0.2, 0.25) is 0 Å². The molecule has 1 aromatic carbocycles. The van der Waals surface area contributed by atoms with E-state index in [4.69, 9.17) is 0 Å². The van der Waals surface area contributed by atoms with Crippen LogP contribution in [0.5, 0.6) is 0 Å². The molecule has 0 fully saturated rings. The fourth-order valence-corrected chi connectivity index (χ4v) is 5.22. The molecule has 31 heavy (non-hydrogen) atoms. The number of hydrogen-bond acceptors (Lipinski definition) is 9. The third-order valence-electron chi connectivity index (χ3n) is 4.45. The predicted octanol–water partition coefficient (Wildman–Crippen LogP) is 3.89. The molecule has 0 saturated carbocycles. The highest BCUT2D eigenvalue weighted by molar-refractivity contribution is 8.01. The topological polar surface area (TPSA) is 97.6 Å². The number of aromatic nitrogens is 5. The lowest BCUT2D eigenvalue weighted by Crippen LogP contribution is -2.29. The van der Waals surface area contributed by atoms with Crippen molar-refractivity contribution in [2.45, 2.75) is 29.4 Å². The SMILES string of the molecule is CCCNc1nc(SC)nc2c1cnn2CCNC(=O)CSc1nc2ccccc2s1. The molecule has 1 amide bonds. The van der Waals surface area contributed by atoms with E-state index in [1.807, 2.05) is 35.2 Å². The number of anilines is 1. The van der Waals surface area contributed by atoms with Crippen LogP contribution in [0.4, 0.5) is 5.82 Å². The molecule has 0 aliphatic heterocycles. The van der Waals surface area contributed by atoms with E-state index in [9.17, 15) is 4.79 Å². The minimum absolute atomic E-state index is 0.0227. The Morgan fingerprint density at radius 3 is 2.87 bits per heavy atom. The molecule has 0 aliphatic carbocycles. The largest absolute Gasteiger partial charge is 0.369 e. The van der Waals surface area contributed by atoms with Crippen LogP contribution in [-0.2, 0) is 11.3 Å². The van der Waals surface area contributed by atoms with Crippen molar-refractivity contribution < 1.29 is 4.79 Å². The molecule has 4 rings (SSSR count). The average Bonchev–Trinajstić information content (AvgIpc) is 3.39. The van der Waals surface area contributed by atoms with Gasteiger partial charge in [0.25, 0.3) is 0 Å². The van der Waals surface area contributed by atoms with Gasteiger partial charge in [-0.3, -0.25) is 4.79 Å². The number of nitrogens with zero attached hydrogens (tertiary/aromatic N) is 5. The van der Waals surface area contributed by atoms with E-state index in [1.54, 1.807) is 17.5 Å². The standard InChI is InChI=1S/C20H23N7OS3/c1-3-8-22-17-13-11-23-27(18(13)26-19(25-17)29-2)10-9-21-16(28)12-30-20-24-14-6-4-5-7-15(14)31-20/h4-7,11H,3,8-10,12H2,1-2H3,(H,21,28)(H,22,25,26). The van der Waals surface area contributed by atoms with Crippen molar-refractivity contribution >= 4 is 67.8 Å². The van der Waals surface area contributed by atoms with Gasteiger partial charge in [0, 0.05) is 13.1 Å². The Morgan fingerprint density at radius 1 is 1.19 bits per heavy atom. The highest BCUT2D eigenvalue weighted by Gasteiger charge is 2.13. The first-order chi connectivity index (χ1) is 15.2. The zero-order valence-electron chi connectivity index (χ0n) is 17.3. The highest BCUT2D eigenvalue weighted by Crippen LogP contribution is 2.29. The van der Waals surface area contributed by atoms with E-state index in [1.165, 1.54) is 23.5 Å². The number of benzene rings is 1. The van der Waals surface area contributed by atoms with Crippen molar-refractivity contribution in [2.75, 3.05) is 30.4 Å². The van der Waals surface area contributed by atoms with Crippen LogP contribution in [0, 0.1) is 0 Å². The first-order valence-corrected chi connectivity index (χ1v) is 13.0. The van der Waals surface area contributed by atoms with E-state index in [0.29, 0.717) is 24.0 Å². The first kappa shape index (κ1) is 21.8. The maximum Gasteiger partial charge on any atom is 0.230 e. The number of carbonyl (C=O) groups is 1. The van der Waals surface area contributed by atoms with Gasteiger partial charge in [-0.1, -0.05) is 42.6 Å². The first-order valence-electron chi connectivity index (χ1n) is 9.94. The fraction of sp³-hybridized carbons (Fsp3) is 0.350. The molecular formula is C20H23N7OS3. The molecule has 0 spiro atoms. The maximum absolute atomic E-state index is 12.3. The quantitative estimate of drug-likeness (QED) is 0.264. The smallest absolute Gasteiger partial charge is 0.230 e. The summed E-state index contributed by atoms with van der Waals surface area (Å²) in [4.78, 5) is 26.0. The van der Waals surface area contributed by atoms with Gasteiger partial charge in [0.1, 0.15) is 5.82 Å². The normalized spacial score (nSPS) is 11.3. The number of fused-ring (bicyclic) bond motifs is 2. The van der Waals surface area contributed by atoms with Crippen LogP contribution in [0.3, 0.4) is 0 Å². The Labute approximate surface area is 192 Å². The molecule has 0 aliphatic rings. The van der Waals surface area contributed by atoms with E-state index in [0.717, 1.165) is 44.4 Å². The van der Waals surface area contributed by atoms with E-state index >= 15 is 0 Å². The molecule has 0 bridgehead atoms. The summed E-state index contributed by atoms with van der Waals surface area (Å²) >= 11 is 4.57. The second kappa shape index (κ2) is 10.3. The second-order valence-corrected chi connectivity index (χ2v) is 9.70. The summed E-state index contributed by atoms with van der Waals surface area (Å²) in [5.74, 6) is 1.12. The van der Waals surface area contributed by atoms with Crippen molar-refractivity contribution in [3.05, 3.63) is 30.5 Å². The summed E-state index contributed by atoms with van der Waals surface area (Å²) < 4.78 is 3.85. The number of thiazole rings is 1. The Bertz CT molecular complexity index is 1160. The van der Waals surface area contributed by atoms with Gasteiger partial charge in [0.05, 0.1) is 34.1 Å². The molecular weight excluding hydrogens is 450 g/mol. The second-order valence-electron chi connectivity index (χ2n) is 6.68. The third-order valence-corrected chi connectivity index (χ3v) is 7.17. The van der Waals surface area contributed by atoms with E-state index in [2.05, 4.69) is 37.6 Å². The lowest BCUT2D eigenvalue weighted by atomic mass is 10.3. The van der Waals surface area contributed by atoms with Crippen LogP contribution < -0.4 is 10.6 Å². The predicted molar refractivity (Wildman–Crippen MR) is 129 cm³/mol. The molecule has 3 aromatic heterocycles. The monoisotopic (exact) mass is 473 g/mol. The van der Waals surface area contributed by atoms with Crippen molar-refractivity contribution in [1.29, 1.82) is 0 Å². The number of carbonyl (C=O) groups excluding carboxylic acids is 1. The van der Waals surface area contributed by atoms with Gasteiger partial charge in [-0.15, -0.1) is 11.3 Å². The average molecular weight is 474 g/mol. The lowest BCUT2D eigenvalue weighted by Gasteiger charge is -2.08. The van der Waals surface area contributed by atoms with Gasteiger partial charge < -0.3 is 10.6 Å². The van der Waals surface area contributed by atoms with Gasteiger partial charge in [0.2, 0.25) is 5.91 Å². The zero-order chi connectivity index (χ0) is 21.6. The van der Waals surface area contributed by atoms with Gasteiger partial charge in [-0.25, -0.2) is 19.6 Å². The minimum atomic E-state index is -0.0227. The molecule has 4 aromatic rings. The van der Waals surface area contributed by atoms with Crippen molar-refractivity contribution in [3.63, 3.8) is 0 Å². The lowest BCUT2D eigenvalue weighted by molar-refractivity contribution is -0.118. The number of rotatable bonds is 10. The van der Waals surface area contributed by atoms with Gasteiger partial charge in [-0.2, -0.15) is 5.10 Å². The van der Waals surface area contributed by atoms with Gasteiger partial charge in [-0.05, 0) is 24.8 Å². The van der Waals surface area contributed by atoms with Crippen molar-refractivity contribution in [2.24, 2.45) is 0 Å².